The Hall–Kier alpha value is -0.810. The van der Waals surface area contributed by atoms with Gasteiger partial charge in [-0.05, 0) is 12.3 Å². The summed E-state index contributed by atoms with van der Waals surface area (Å²) in [6, 6.07) is -0.616. The second-order valence-electron chi connectivity index (χ2n) is 4.48. The Bertz CT molecular complexity index is 236. The highest BCUT2D eigenvalue weighted by Gasteiger charge is 2.49. The molecule has 0 rings (SSSR count). The highest BCUT2D eigenvalue weighted by molar-refractivity contribution is 5.84. The Kier molecular flexibility index (Phi) is 7.43. The molecule has 0 saturated heterocycles. The number of halogens is 4. The lowest BCUT2D eigenvalue weighted by Crippen LogP contribution is -2.51. The normalized spacial score (nSPS) is 13.8. The van der Waals surface area contributed by atoms with Crippen LogP contribution in [0.2, 0.25) is 0 Å². The molecule has 0 aromatic heterocycles. The second-order valence-corrected chi connectivity index (χ2v) is 4.48. The molecule has 0 radical (unpaired) electrons. The number of alkyl halides is 4. The lowest BCUT2D eigenvalue weighted by molar-refractivity contribution is -0.170. The molecule has 0 saturated carbocycles. The number of amides is 1. The van der Waals surface area contributed by atoms with Crippen LogP contribution in [0.1, 0.15) is 41.5 Å². The van der Waals surface area contributed by atoms with Crippen LogP contribution in [0.4, 0.5) is 17.6 Å². The summed E-state index contributed by atoms with van der Waals surface area (Å²) in [5.74, 6) is -6.56. The standard InChI is InChI=1S/C9H15F4NO.C2H6/c1-5(8(2,3)4)14-7(15)9(12,13)6(10)11;1-2/h5-6H,1-4H3,(H,14,15);1-2H3. The minimum Gasteiger partial charge on any atom is -0.348 e. The molecule has 2 nitrogen and oxygen atoms in total. The van der Waals surface area contributed by atoms with Gasteiger partial charge in [-0.3, -0.25) is 4.79 Å². The maximum atomic E-state index is 12.5. The van der Waals surface area contributed by atoms with Gasteiger partial charge in [-0.25, -0.2) is 8.78 Å². The molecular weight excluding hydrogens is 238 g/mol. The lowest BCUT2D eigenvalue weighted by Gasteiger charge is -2.29. The van der Waals surface area contributed by atoms with Crippen molar-refractivity contribution in [1.29, 1.82) is 0 Å². The van der Waals surface area contributed by atoms with Gasteiger partial charge in [0, 0.05) is 6.04 Å². The van der Waals surface area contributed by atoms with Crippen LogP contribution in [-0.4, -0.2) is 24.3 Å². The second kappa shape index (κ2) is 6.81. The van der Waals surface area contributed by atoms with Gasteiger partial charge in [0.15, 0.2) is 0 Å². The summed E-state index contributed by atoms with van der Waals surface area (Å²) in [5.41, 5.74) is -0.464. The van der Waals surface area contributed by atoms with Gasteiger partial charge < -0.3 is 5.32 Å². The quantitative estimate of drug-likeness (QED) is 0.773. The fourth-order valence-corrected chi connectivity index (χ4v) is 0.608. The minimum atomic E-state index is -4.63. The van der Waals surface area contributed by atoms with Gasteiger partial charge in [0.2, 0.25) is 0 Å². The van der Waals surface area contributed by atoms with E-state index in [1.54, 1.807) is 20.8 Å². The Morgan fingerprint density at radius 2 is 1.47 bits per heavy atom. The van der Waals surface area contributed by atoms with Crippen molar-refractivity contribution in [3.63, 3.8) is 0 Å². The van der Waals surface area contributed by atoms with Crippen LogP contribution in [0.3, 0.4) is 0 Å². The molecular formula is C11H21F4NO. The van der Waals surface area contributed by atoms with Crippen LogP contribution in [0.25, 0.3) is 0 Å². The molecule has 0 aromatic rings. The van der Waals surface area contributed by atoms with E-state index in [4.69, 9.17) is 0 Å². The number of nitrogens with one attached hydrogen (secondary N) is 1. The molecule has 1 N–H and O–H groups in total. The zero-order valence-corrected chi connectivity index (χ0v) is 11.1. The molecule has 1 unspecified atom stereocenters. The monoisotopic (exact) mass is 259 g/mol. The number of carbonyl (C=O) groups excluding carboxylic acids is 1. The third-order valence-corrected chi connectivity index (χ3v) is 2.22. The number of carbonyl (C=O) groups is 1. The fraction of sp³-hybridized carbons (Fsp3) is 0.909. The van der Waals surface area contributed by atoms with E-state index < -0.39 is 29.7 Å². The van der Waals surface area contributed by atoms with Crippen molar-refractivity contribution in [2.45, 2.75) is 59.9 Å². The van der Waals surface area contributed by atoms with Crippen molar-refractivity contribution < 1.29 is 22.4 Å². The molecule has 6 heteroatoms. The van der Waals surface area contributed by atoms with Gasteiger partial charge in [0.05, 0.1) is 0 Å². The van der Waals surface area contributed by atoms with Gasteiger partial charge >= 0.3 is 12.3 Å². The Morgan fingerprint density at radius 3 is 1.71 bits per heavy atom. The molecule has 0 fully saturated rings. The maximum Gasteiger partial charge on any atom is 0.383 e. The summed E-state index contributed by atoms with van der Waals surface area (Å²) in [6.07, 6.45) is -3.98. The maximum absolute atomic E-state index is 12.5. The van der Waals surface area contributed by atoms with Gasteiger partial charge in [-0.15, -0.1) is 0 Å². The smallest absolute Gasteiger partial charge is 0.348 e. The van der Waals surface area contributed by atoms with Gasteiger partial charge in [0.25, 0.3) is 5.91 Å². The molecule has 0 aliphatic heterocycles. The highest BCUT2D eigenvalue weighted by Crippen LogP contribution is 2.25. The van der Waals surface area contributed by atoms with E-state index in [1.807, 2.05) is 19.2 Å². The van der Waals surface area contributed by atoms with Crippen molar-refractivity contribution in [3.8, 4) is 0 Å². The zero-order chi connectivity index (χ0) is 14.4. The molecule has 0 aliphatic rings. The fourth-order valence-electron chi connectivity index (χ4n) is 0.608. The first kappa shape index (κ1) is 18.6. The molecule has 1 atom stereocenters. The molecule has 0 bridgehead atoms. The predicted molar refractivity (Wildman–Crippen MR) is 59.4 cm³/mol. The molecule has 0 heterocycles. The summed E-state index contributed by atoms with van der Waals surface area (Å²) in [4.78, 5) is 10.8. The van der Waals surface area contributed by atoms with Gasteiger partial charge in [0.1, 0.15) is 0 Å². The Labute approximate surface area is 99.8 Å². The first-order chi connectivity index (χ1) is 7.49. The van der Waals surface area contributed by atoms with Crippen LogP contribution in [0.5, 0.6) is 0 Å². The summed E-state index contributed by atoms with van der Waals surface area (Å²) < 4.78 is 48.7. The zero-order valence-electron chi connectivity index (χ0n) is 11.1. The van der Waals surface area contributed by atoms with Crippen LogP contribution in [-0.2, 0) is 4.79 Å². The Balaban J connectivity index is 0. The summed E-state index contributed by atoms with van der Waals surface area (Å²) >= 11 is 0. The SMILES string of the molecule is CC.CC(NC(=O)C(F)(F)C(F)F)C(C)(C)C. The van der Waals surface area contributed by atoms with E-state index in [2.05, 4.69) is 0 Å². The van der Waals surface area contributed by atoms with Crippen LogP contribution in [0.15, 0.2) is 0 Å². The molecule has 0 aromatic carbocycles. The van der Waals surface area contributed by atoms with Crippen molar-refractivity contribution >= 4 is 5.91 Å². The highest BCUT2D eigenvalue weighted by atomic mass is 19.3. The van der Waals surface area contributed by atoms with Gasteiger partial charge in [-0.1, -0.05) is 34.6 Å². The Morgan fingerprint density at radius 1 is 1.12 bits per heavy atom. The number of rotatable bonds is 3. The van der Waals surface area contributed by atoms with Crippen molar-refractivity contribution in [1.82, 2.24) is 5.32 Å². The van der Waals surface area contributed by atoms with E-state index in [0.29, 0.717) is 0 Å². The first-order valence-corrected chi connectivity index (χ1v) is 5.46. The molecule has 0 aliphatic carbocycles. The average Bonchev–Trinajstić information content (AvgIpc) is 2.18. The van der Waals surface area contributed by atoms with Crippen molar-refractivity contribution in [3.05, 3.63) is 0 Å². The van der Waals surface area contributed by atoms with E-state index in [-0.39, 0.29) is 0 Å². The van der Waals surface area contributed by atoms with Crippen LogP contribution < -0.4 is 5.32 Å². The first-order valence-electron chi connectivity index (χ1n) is 5.46. The van der Waals surface area contributed by atoms with Crippen molar-refractivity contribution in [2.75, 3.05) is 0 Å². The minimum absolute atomic E-state index is 0.464. The summed E-state index contributed by atoms with van der Waals surface area (Å²) in [6.45, 7) is 10.6. The third-order valence-electron chi connectivity index (χ3n) is 2.22. The number of hydrogen-bond acceptors (Lipinski definition) is 1. The third kappa shape index (κ3) is 5.89. The average molecular weight is 259 g/mol. The lowest BCUT2D eigenvalue weighted by atomic mass is 9.88. The predicted octanol–water partition coefficient (Wildman–Crippen LogP) is 3.46. The molecule has 1 amide bonds. The van der Waals surface area contributed by atoms with Crippen LogP contribution in [0, 0.1) is 5.41 Å². The summed E-state index contributed by atoms with van der Waals surface area (Å²) in [5, 5.41) is 1.87. The van der Waals surface area contributed by atoms with E-state index in [0.717, 1.165) is 0 Å². The topological polar surface area (TPSA) is 29.1 Å². The van der Waals surface area contributed by atoms with Crippen molar-refractivity contribution in [2.24, 2.45) is 5.41 Å². The largest absolute Gasteiger partial charge is 0.383 e. The van der Waals surface area contributed by atoms with E-state index >= 15 is 0 Å². The molecule has 17 heavy (non-hydrogen) atoms. The number of hydrogen-bond donors (Lipinski definition) is 1. The summed E-state index contributed by atoms with van der Waals surface area (Å²) in [7, 11) is 0. The molecule has 0 spiro atoms. The molecule has 104 valence electrons. The van der Waals surface area contributed by atoms with Gasteiger partial charge in [-0.2, -0.15) is 8.78 Å². The van der Waals surface area contributed by atoms with Crippen LogP contribution >= 0.6 is 0 Å². The van der Waals surface area contributed by atoms with E-state index in [1.165, 1.54) is 6.92 Å². The van der Waals surface area contributed by atoms with E-state index in [9.17, 15) is 22.4 Å².